The summed E-state index contributed by atoms with van der Waals surface area (Å²) in [6.07, 6.45) is 3.62. The van der Waals surface area contributed by atoms with E-state index in [0.717, 1.165) is 12.2 Å². The van der Waals surface area contributed by atoms with Crippen LogP contribution in [-0.2, 0) is 6.42 Å². The van der Waals surface area contributed by atoms with Gasteiger partial charge in [0.2, 0.25) is 0 Å². The van der Waals surface area contributed by atoms with Crippen molar-refractivity contribution in [3.05, 3.63) is 51.7 Å². The van der Waals surface area contributed by atoms with Crippen LogP contribution in [0.1, 0.15) is 48.5 Å². The maximum Gasteiger partial charge on any atom is 0.119 e. The average Bonchev–Trinajstić information content (AvgIpc) is 3.01. The fourth-order valence-electron chi connectivity index (χ4n) is 3.01. The molecule has 1 aromatic carbocycles. The number of fused-ring (bicyclic) bond motifs is 1. The fraction of sp³-hybridized carbons (Fsp3) is 0.412. The third-order valence-electron chi connectivity index (χ3n) is 4.16. The summed E-state index contributed by atoms with van der Waals surface area (Å²) in [5.41, 5.74) is 4.26. The van der Waals surface area contributed by atoms with Crippen LogP contribution in [-0.4, -0.2) is 7.11 Å². The van der Waals surface area contributed by atoms with Crippen molar-refractivity contribution in [3.63, 3.8) is 0 Å². The molecule has 3 rings (SSSR count). The summed E-state index contributed by atoms with van der Waals surface area (Å²) < 4.78 is 5.34. The molecule has 0 bridgehead atoms. The Morgan fingerprint density at radius 3 is 3.00 bits per heavy atom. The van der Waals surface area contributed by atoms with Gasteiger partial charge in [0.15, 0.2) is 0 Å². The lowest BCUT2D eigenvalue weighted by Crippen LogP contribution is -2.27. The molecule has 0 fully saturated rings. The first-order valence-electron chi connectivity index (χ1n) is 7.23. The molecule has 0 spiro atoms. The van der Waals surface area contributed by atoms with Crippen molar-refractivity contribution in [2.75, 3.05) is 7.11 Å². The van der Waals surface area contributed by atoms with Crippen LogP contribution in [0.3, 0.4) is 0 Å². The summed E-state index contributed by atoms with van der Waals surface area (Å²) in [6, 6.07) is 9.57. The van der Waals surface area contributed by atoms with Gasteiger partial charge in [-0.25, -0.2) is 0 Å². The Hall–Kier alpha value is -1.32. The highest BCUT2D eigenvalue weighted by molar-refractivity contribution is 7.07. The Labute approximate surface area is 124 Å². The first-order valence-corrected chi connectivity index (χ1v) is 8.17. The maximum atomic E-state index is 5.34. The third-order valence-corrected chi connectivity index (χ3v) is 4.86. The van der Waals surface area contributed by atoms with E-state index in [9.17, 15) is 0 Å². The Morgan fingerprint density at radius 1 is 1.35 bits per heavy atom. The van der Waals surface area contributed by atoms with Gasteiger partial charge in [-0.15, -0.1) is 0 Å². The monoisotopic (exact) mass is 287 g/mol. The largest absolute Gasteiger partial charge is 0.497 e. The number of rotatable bonds is 4. The van der Waals surface area contributed by atoms with Gasteiger partial charge in [0, 0.05) is 12.1 Å². The number of methoxy groups -OCH3 is 1. The van der Waals surface area contributed by atoms with Crippen LogP contribution in [0, 0.1) is 0 Å². The number of thiophene rings is 1. The lowest BCUT2D eigenvalue weighted by Gasteiger charge is -2.29. The van der Waals surface area contributed by atoms with Crippen molar-refractivity contribution in [1.29, 1.82) is 0 Å². The van der Waals surface area contributed by atoms with Crippen molar-refractivity contribution in [2.24, 2.45) is 0 Å². The molecule has 2 aromatic rings. The highest BCUT2D eigenvalue weighted by Crippen LogP contribution is 2.34. The first-order chi connectivity index (χ1) is 9.78. The highest BCUT2D eigenvalue weighted by atomic mass is 32.1. The fourth-order valence-corrected chi connectivity index (χ4v) is 3.76. The molecule has 106 valence electrons. The molecule has 0 saturated carbocycles. The van der Waals surface area contributed by atoms with Crippen molar-refractivity contribution in [3.8, 4) is 5.75 Å². The molecule has 20 heavy (non-hydrogen) atoms. The van der Waals surface area contributed by atoms with Gasteiger partial charge in [-0.1, -0.05) is 6.07 Å². The van der Waals surface area contributed by atoms with Crippen LogP contribution in [0.5, 0.6) is 5.75 Å². The van der Waals surface area contributed by atoms with E-state index in [1.54, 1.807) is 18.4 Å². The summed E-state index contributed by atoms with van der Waals surface area (Å²) >= 11 is 1.76. The van der Waals surface area contributed by atoms with Gasteiger partial charge in [-0.05, 0) is 71.8 Å². The number of aryl methyl sites for hydroxylation is 1. The van der Waals surface area contributed by atoms with E-state index in [1.807, 2.05) is 0 Å². The van der Waals surface area contributed by atoms with Gasteiger partial charge in [-0.3, -0.25) is 0 Å². The zero-order valence-corrected chi connectivity index (χ0v) is 12.9. The molecule has 1 aliphatic rings. The van der Waals surface area contributed by atoms with E-state index in [0.29, 0.717) is 12.1 Å². The predicted octanol–water partition coefficient (Wildman–Crippen LogP) is 4.48. The van der Waals surface area contributed by atoms with Crippen LogP contribution < -0.4 is 10.1 Å². The maximum absolute atomic E-state index is 5.34. The van der Waals surface area contributed by atoms with Crippen LogP contribution >= 0.6 is 11.3 Å². The smallest absolute Gasteiger partial charge is 0.119 e. The zero-order valence-electron chi connectivity index (χ0n) is 12.1. The topological polar surface area (TPSA) is 21.3 Å². The number of benzene rings is 1. The summed E-state index contributed by atoms with van der Waals surface area (Å²) in [4.78, 5) is 0. The van der Waals surface area contributed by atoms with E-state index in [1.165, 1.54) is 29.5 Å². The van der Waals surface area contributed by atoms with E-state index < -0.39 is 0 Å². The van der Waals surface area contributed by atoms with Gasteiger partial charge in [0.05, 0.1) is 7.11 Å². The van der Waals surface area contributed by atoms with Crippen molar-refractivity contribution in [1.82, 2.24) is 5.32 Å². The molecule has 0 saturated heterocycles. The lowest BCUT2D eigenvalue weighted by atomic mass is 9.87. The molecule has 2 atom stereocenters. The minimum atomic E-state index is 0.402. The van der Waals surface area contributed by atoms with Crippen LogP contribution in [0.4, 0.5) is 0 Å². The Bertz CT molecular complexity index is 564. The van der Waals surface area contributed by atoms with Gasteiger partial charge in [0.1, 0.15) is 5.75 Å². The molecule has 0 aliphatic heterocycles. The van der Waals surface area contributed by atoms with Crippen molar-refractivity contribution >= 4 is 11.3 Å². The standard InChI is InChI=1S/C17H21NOS/c1-12(14-8-9-20-11-14)18-17-5-3-4-13-10-15(19-2)6-7-16(13)17/h6-12,17-18H,3-5H2,1-2H3. The molecule has 1 N–H and O–H groups in total. The number of hydrogen-bond acceptors (Lipinski definition) is 3. The van der Waals surface area contributed by atoms with Crippen molar-refractivity contribution < 1.29 is 4.74 Å². The summed E-state index contributed by atoms with van der Waals surface area (Å²) in [6.45, 7) is 2.25. The SMILES string of the molecule is COc1ccc2c(c1)CCCC2NC(C)c1ccsc1. The van der Waals surface area contributed by atoms with Crippen molar-refractivity contribution in [2.45, 2.75) is 38.3 Å². The third kappa shape index (κ3) is 2.74. The van der Waals surface area contributed by atoms with Crippen LogP contribution in [0.25, 0.3) is 0 Å². The molecule has 3 heteroatoms. The Kier molecular flexibility index (Phi) is 4.08. The van der Waals surface area contributed by atoms with E-state index in [4.69, 9.17) is 4.74 Å². The molecule has 0 radical (unpaired) electrons. The molecule has 2 unspecified atom stereocenters. The molecule has 2 nitrogen and oxygen atoms in total. The lowest BCUT2D eigenvalue weighted by molar-refractivity contribution is 0.403. The minimum absolute atomic E-state index is 0.402. The van der Waals surface area contributed by atoms with Gasteiger partial charge < -0.3 is 10.1 Å². The summed E-state index contributed by atoms with van der Waals surface area (Å²) in [7, 11) is 1.74. The summed E-state index contributed by atoms with van der Waals surface area (Å²) in [5.74, 6) is 0.968. The quantitative estimate of drug-likeness (QED) is 0.895. The van der Waals surface area contributed by atoms with E-state index in [-0.39, 0.29) is 0 Å². The Morgan fingerprint density at radius 2 is 2.25 bits per heavy atom. The van der Waals surface area contributed by atoms with Gasteiger partial charge >= 0.3 is 0 Å². The van der Waals surface area contributed by atoms with Crippen LogP contribution in [0.15, 0.2) is 35.0 Å². The second-order valence-corrected chi connectivity index (χ2v) is 6.23. The molecule has 1 heterocycles. The molecular weight excluding hydrogens is 266 g/mol. The molecule has 0 amide bonds. The van der Waals surface area contributed by atoms with E-state index in [2.05, 4.69) is 47.3 Å². The van der Waals surface area contributed by atoms with Gasteiger partial charge in [-0.2, -0.15) is 11.3 Å². The van der Waals surface area contributed by atoms with Gasteiger partial charge in [0.25, 0.3) is 0 Å². The minimum Gasteiger partial charge on any atom is -0.497 e. The average molecular weight is 287 g/mol. The highest BCUT2D eigenvalue weighted by Gasteiger charge is 2.22. The first kappa shape index (κ1) is 13.7. The Balaban J connectivity index is 1.79. The second-order valence-electron chi connectivity index (χ2n) is 5.45. The number of nitrogens with one attached hydrogen (secondary N) is 1. The second kappa shape index (κ2) is 5.98. The number of hydrogen-bond donors (Lipinski definition) is 1. The van der Waals surface area contributed by atoms with E-state index >= 15 is 0 Å². The molecule has 1 aromatic heterocycles. The number of ether oxygens (including phenoxy) is 1. The predicted molar refractivity (Wildman–Crippen MR) is 84.5 cm³/mol. The zero-order chi connectivity index (χ0) is 13.9. The normalized spacial score (nSPS) is 19.4. The van der Waals surface area contributed by atoms with Crippen LogP contribution in [0.2, 0.25) is 0 Å². The molecule has 1 aliphatic carbocycles. The summed E-state index contributed by atoms with van der Waals surface area (Å²) in [5, 5.41) is 8.16. The molecular formula is C17H21NOS.